The van der Waals surface area contributed by atoms with Gasteiger partial charge in [-0.1, -0.05) is 95.3 Å². The lowest BCUT2D eigenvalue weighted by Crippen LogP contribution is -1.97. The van der Waals surface area contributed by atoms with E-state index in [1.807, 2.05) is 24.3 Å². The van der Waals surface area contributed by atoms with Crippen LogP contribution in [0, 0.1) is 23.7 Å². The van der Waals surface area contributed by atoms with Crippen molar-refractivity contribution in [1.29, 1.82) is 0 Å². The molecule has 2 aromatic rings. The first-order valence-electron chi connectivity index (χ1n) is 12.7. The van der Waals surface area contributed by atoms with Gasteiger partial charge in [0.2, 0.25) is 0 Å². The molecule has 0 radical (unpaired) electrons. The summed E-state index contributed by atoms with van der Waals surface area (Å²) < 4.78 is 5.83. The molecule has 0 saturated carbocycles. The highest BCUT2D eigenvalue weighted by molar-refractivity contribution is 5.46. The Morgan fingerprint density at radius 1 is 0.531 bits per heavy atom. The highest BCUT2D eigenvalue weighted by atomic mass is 16.5. The van der Waals surface area contributed by atoms with Gasteiger partial charge in [-0.2, -0.15) is 0 Å². The first-order valence-corrected chi connectivity index (χ1v) is 12.7. The maximum Gasteiger partial charge on any atom is 0.119 e. The number of rotatable bonds is 13. The monoisotopic (exact) mass is 428 g/mol. The maximum atomic E-state index is 5.83. The average Bonchev–Trinajstić information content (AvgIpc) is 2.83. The second kappa shape index (κ2) is 17.0. The smallest absolute Gasteiger partial charge is 0.119 e. The molecule has 2 rings (SSSR count). The summed E-state index contributed by atoms with van der Waals surface area (Å²) in [5.41, 5.74) is 3.08. The predicted molar refractivity (Wildman–Crippen MR) is 138 cm³/mol. The van der Waals surface area contributed by atoms with Gasteiger partial charge in [0, 0.05) is 23.1 Å². The van der Waals surface area contributed by atoms with Crippen molar-refractivity contribution in [3.05, 3.63) is 65.2 Å². The quantitative estimate of drug-likeness (QED) is 0.229. The molecule has 0 aliphatic heterocycles. The van der Waals surface area contributed by atoms with Crippen LogP contribution in [0.25, 0.3) is 0 Å². The van der Waals surface area contributed by atoms with Crippen molar-refractivity contribution in [2.75, 3.05) is 6.61 Å². The van der Waals surface area contributed by atoms with E-state index in [1.54, 1.807) is 0 Å². The van der Waals surface area contributed by atoms with Crippen LogP contribution in [0.15, 0.2) is 48.5 Å². The van der Waals surface area contributed by atoms with E-state index in [4.69, 9.17) is 4.74 Å². The van der Waals surface area contributed by atoms with Crippen molar-refractivity contribution >= 4 is 0 Å². The Morgan fingerprint density at radius 3 is 1.59 bits per heavy atom. The van der Waals surface area contributed by atoms with Crippen molar-refractivity contribution in [3.8, 4) is 29.4 Å². The Morgan fingerprint density at radius 2 is 1.00 bits per heavy atom. The van der Waals surface area contributed by atoms with Crippen LogP contribution in [-0.4, -0.2) is 6.61 Å². The van der Waals surface area contributed by atoms with E-state index in [0.717, 1.165) is 41.9 Å². The second-order valence-electron chi connectivity index (χ2n) is 8.43. The summed E-state index contributed by atoms with van der Waals surface area (Å²) in [4.78, 5) is 0. The highest BCUT2D eigenvalue weighted by Gasteiger charge is 1.95. The van der Waals surface area contributed by atoms with Crippen molar-refractivity contribution in [2.45, 2.75) is 90.9 Å². The average molecular weight is 429 g/mol. The Hall–Kier alpha value is -2.64. The summed E-state index contributed by atoms with van der Waals surface area (Å²) in [5.74, 6) is 14.0. The number of benzene rings is 2. The SMILES string of the molecule is CCCCCCCCC#Cc1ccc(C#Cc2ccc(OCCCCCCC)cc2)cc1. The zero-order valence-corrected chi connectivity index (χ0v) is 20.2. The minimum absolute atomic E-state index is 0.795. The van der Waals surface area contributed by atoms with Crippen molar-refractivity contribution < 1.29 is 4.74 Å². The molecule has 0 aliphatic rings. The molecule has 170 valence electrons. The number of unbranched alkanes of at least 4 members (excludes halogenated alkanes) is 10. The van der Waals surface area contributed by atoms with Crippen molar-refractivity contribution in [1.82, 2.24) is 0 Å². The van der Waals surface area contributed by atoms with Gasteiger partial charge in [-0.15, -0.1) is 0 Å². The van der Waals surface area contributed by atoms with Gasteiger partial charge >= 0.3 is 0 Å². The van der Waals surface area contributed by atoms with Gasteiger partial charge < -0.3 is 4.74 Å². The minimum Gasteiger partial charge on any atom is -0.494 e. The third-order valence-corrected chi connectivity index (χ3v) is 5.50. The van der Waals surface area contributed by atoms with E-state index in [0.29, 0.717) is 0 Å². The molecule has 0 heterocycles. The normalized spacial score (nSPS) is 10.1. The Kier molecular flexibility index (Phi) is 13.6. The Labute approximate surface area is 197 Å². The Bertz CT molecular complexity index is 853. The molecule has 0 aliphatic carbocycles. The first kappa shape index (κ1) is 25.6. The molecule has 2 aromatic carbocycles. The molecule has 0 N–H and O–H groups in total. The van der Waals surface area contributed by atoms with Crippen molar-refractivity contribution in [2.24, 2.45) is 0 Å². The van der Waals surface area contributed by atoms with Crippen LogP contribution in [0.2, 0.25) is 0 Å². The zero-order chi connectivity index (χ0) is 22.7. The maximum absolute atomic E-state index is 5.83. The fourth-order valence-corrected chi connectivity index (χ4v) is 3.47. The summed E-state index contributed by atoms with van der Waals surface area (Å²) in [6.45, 7) is 5.29. The van der Waals surface area contributed by atoms with Crippen molar-refractivity contribution in [3.63, 3.8) is 0 Å². The summed E-state index contributed by atoms with van der Waals surface area (Å²) in [7, 11) is 0. The van der Waals surface area contributed by atoms with E-state index in [9.17, 15) is 0 Å². The van der Waals surface area contributed by atoms with Gasteiger partial charge in [-0.05, 0) is 61.4 Å². The third kappa shape index (κ3) is 11.7. The standard InChI is InChI=1S/C31H40O/c1-3-5-7-9-10-11-12-14-16-28-17-19-29(20-18-28)21-22-30-23-25-31(26-24-30)32-27-15-13-8-6-4-2/h17-20,23-26H,3-13,15,27H2,1-2H3. The zero-order valence-electron chi connectivity index (χ0n) is 20.2. The summed E-state index contributed by atoms with van der Waals surface area (Å²) in [6.07, 6.45) is 15.2. The molecule has 1 heteroatoms. The van der Waals surface area contributed by atoms with Crippen LogP contribution in [0.3, 0.4) is 0 Å². The second-order valence-corrected chi connectivity index (χ2v) is 8.43. The summed E-state index contributed by atoms with van der Waals surface area (Å²) in [6, 6.07) is 16.3. The van der Waals surface area contributed by atoms with E-state index in [2.05, 4.69) is 61.8 Å². The molecule has 0 unspecified atom stereocenters. The van der Waals surface area contributed by atoms with Gasteiger partial charge in [-0.25, -0.2) is 0 Å². The minimum atomic E-state index is 0.795. The number of ether oxygens (including phenoxy) is 1. The Balaban J connectivity index is 1.71. The van der Waals surface area contributed by atoms with Gasteiger partial charge in [-0.3, -0.25) is 0 Å². The van der Waals surface area contributed by atoms with Gasteiger partial charge in [0.1, 0.15) is 5.75 Å². The van der Waals surface area contributed by atoms with Gasteiger partial charge in [0.05, 0.1) is 6.61 Å². The van der Waals surface area contributed by atoms with E-state index >= 15 is 0 Å². The topological polar surface area (TPSA) is 9.23 Å². The van der Waals surface area contributed by atoms with Gasteiger partial charge in [0.25, 0.3) is 0 Å². The molecular formula is C31H40O. The molecule has 0 spiro atoms. The highest BCUT2D eigenvalue weighted by Crippen LogP contribution is 2.13. The molecule has 0 aromatic heterocycles. The van der Waals surface area contributed by atoms with Crippen LogP contribution >= 0.6 is 0 Å². The first-order chi connectivity index (χ1) is 15.8. The van der Waals surface area contributed by atoms with Crippen LogP contribution in [0.1, 0.15) is 108 Å². The lowest BCUT2D eigenvalue weighted by molar-refractivity contribution is 0.304. The lowest BCUT2D eigenvalue weighted by Gasteiger charge is -2.05. The summed E-state index contributed by atoms with van der Waals surface area (Å²) in [5, 5.41) is 0. The van der Waals surface area contributed by atoms with Crippen LogP contribution in [-0.2, 0) is 0 Å². The fraction of sp³-hybridized carbons (Fsp3) is 0.484. The van der Waals surface area contributed by atoms with E-state index in [1.165, 1.54) is 64.2 Å². The molecule has 0 bridgehead atoms. The molecule has 1 nitrogen and oxygen atoms in total. The van der Waals surface area contributed by atoms with Crippen LogP contribution in [0.4, 0.5) is 0 Å². The van der Waals surface area contributed by atoms with Crippen LogP contribution < -0.4 is 4.74 Å². The van der Waals surface area contributed by atoms with E-state index in [-0.39, 0.29) is 0 Å². The number of hydrogen-bond acceptors (Lipinski definition) is 1. The largest absolute Gasteiger partial charge is 0.494 e. The lowest BCUT2D eigenvalue weighted by atomic mass is 10.1. The fourth-order valence-electron chi connectivity index (χ4n) is 3.47. The van der Waals surface area contributed by atoms with Gasteiger partial charge in [0.15, 0.2) is 0 Å². The molecule has 0 saturated heterocycles. The summed E-state index contributed by atoms with van der Waals surface area (Å²) >= 11 is 0. The number of hydrogen-bond donors (Lipinski definition) is 0. The molecule has 0 atom stereocenters. The molecular weight excluding hydrogens is 388 g/mol. The van der Waals surface area contributed by atoms with E-state index < -0.39 is 0 Å². The predicted octanol–water partition coefficient (Wildman–Crippen LogP) is 8.54. The molecule has 0 fully saturated rings. The molecule has 32 heavy (non-hydrogen) atoms. The third-order valence-electron chi connectivity index (χ3n) is 5.50. The molecule has 0 amide bonds. The van der Waals surface area contributed by atoms with Crippen LogP contribution in [0.5, 0.6) is 5.75 Å².